The Labute approximate surface area is 316 Å². The molecule has 0 aliphatic heterocycles. The number of hydrogen-bond donors (Lipinski definition) is 0. The summed E-state index contributed by atoms with van der Waals surface area (Å²) in [5, 5.41) is 11.8. The normalized spacial score (nSPS) is 15.0. The molecule has 258 valence electrons. The summed E-state index contributed by atoms with van der Waals surface area (Å²) in [6.07, 6.45) is 0. The summed E-state index contributed by atoms with van der Waals surface area (Å²) in [5.74, 6) is 0. The zero-order valence-corrected chi connectivity index (χ0v) is 31.8. The maximum Gasteiger partial charge on any atom is 0.172 e. The van der Waals surface area contributed by atoms with E-state index < -0.39 is 7.14 Å². The third kappa shape index (κ3) is 4.03. The van der Waals surface area contributed by atoms with Gasteiger partial charge >= 0.3 is 0 Å². The monoisotopic (exact) mass is 710 g/mol. The van der Waals surface area contributed by atoms with Crippen LogP contribution >= 0.6 is 7.14 Å². The minimum Gasteiger partial charge on any atom is -0.309 e. The van der Waals surface area contributed by atoms with Crippen LogP contribution in [0, 0.1) is 0 Å². The van der Waals surface area contributed by atoms with Crippen LogP contribution in [0.1, 0.15) is 49.9 Å². The van der Waals surface area contributed by atoms with E-state index in [1.807, 2.05) is 0 Å². The second-order valence-electron chi connectivity index (χ2n) is 16.4. The molecule has 0 amide bonds. The zero-order chi connectivity index (χ0) is 36.6. The van der Waals surface area contributed by atoms with Crippen molar-refractivity contribution in [3.05, 3.63) is 186 Å². The lowest BCUT2D eigenvalue weighted by Crippen LogP contribution is -2.29. The standard InChI is InChI=1S/C52H39OP/c1-51(2)45-23-13-11-20-39(45)41-27-25-33(30-47(41)51)54(53,34-26-28-42-40-21-12-14-24-46(40)52(3,4)48(42)31-34)50-35-16-6-5-15-32(35)29-44-38-19-8-7-17-36(38)37-18-9-10-22-43(37)49(44)50/h5-31H,1-4H3. The molecule has 0 N–H and O–H groups in total. The zero-order valence-electron chi connectivity index (χ0n) is 30.9. The van der Waals surface area contributed by atoms with Crippen molar-refractivity contribution in [3.8, 4) is 22.3 Å². The fourth-order valence-electron chi connectivity index (χ4n) is 10.2. The van der Waals surface area contributed by atoms with E-state index in [4.69, 9.17) is 0 Å². The fraction of sp³-hybridized carbons (Fsp3) is 0.115. The highest BCUT2D eigenvalue weighted by Crippen LogP contribution is 2.55. The highest BCUT2D eigenvalue weighted by atomic mass is 31.2. The van der Waals surface area contributed by atoms with Gasteiger partial charge in [-0.3, -0.25) is 0 Å². The Kier molecular flexibility index (Phi) is 6.41. The lowest BCUT2D eigenvalue weighted by molar-refractivity contribution is 0.592. The number of benzene rings is 9. The largest absolute Gasteiger partial charge is 0.309 e. The van der Waals surface area contributed by atoms with Gasteiger partial charge in [0, 0.05) is 32.1 Å². The Balaban J connectivity index is 1.32. The molecule has 2 aliphatic carbocycles. The van der Waals surface area contributed by atoms with Crippen LogP contribution in [-0.2, 0) is 15.4 Å². The van der Waals surface area contributed by atoms with Crippen molar-refractivity contribution in [1.82, 2.24) is 0 Å². The molecule has 0 saturated carbocycles. The van der Waals surface area contributed by atoms with Crippen molar-refractivity contribution >= 4 is 66.1 Å². The van der Waals surface area contributed by atoms with Crippen molar-refractivity contribution in [2.75, 3.05) is 0 Å². The molecule has 0 heterocycles. The van der Waals surface area contributed by atoms with Crippen molar-refractivity contribution in [2.24, 2.45) is 0 Å². The first-order chi connectivity index (χ1) is 26.2. The summed E-state index contributed by atoms with van der Waals surface area (Å²) in [4.78, 5) is 0. The van der Waals surface area contributed by atoms with Gasteiger partial charge < -0.3 is 4.57 Å². The van der Waals surface area contributed by atoms with Crippen molar-refractivity contribution in [2.45, 2.75) is 38.5 Å². The molecular formula is C52H39OP. The Morgan fingerprint density at radius 3 is 1.33 bits per heavy atom. The van der Waals surface area contributed by atoms with Gasteiger partial charge in [-0.1, -0.05) is 173 Å². The highest BCUT2D eigenvalue weighted by Gasteiger charge is 2.42. The van der Waals surface area contributed by atoms with Crippen molar-refractivity contribution in [3.63, 3.8) is 0 Å². The predicted molar refractivity (Wildman–Crippen MR) is 231 cm³/mol. The van der Waals surface area contributed by atoms with E-state index in [9.17, 15) is 0 Å². The van der Waals surface area contributed by atoms with Gasteiger partial charge in [0.15, 0.2) is 7.14 Å². The SMILES string of the molecule is CC1(C)c2ccccc2-c2ccc(P(=O)(c3ccc4c(c3)C(C)(C)c3ccccc3-4)c3c4ccccc4cc4c5ccccc5c5ccccc5c34)cc21. The molecule has 2 heteroatoms. The molecule has 0 radical (unpaired) electrons. The molecule has 0 fully saturated rings. The van der Waals surface area contributed by atoms with Gasteiger partial charge in [0.25, 0.3) is 0 Å². The Hall–Kier alpha value is -5.75. The molecule has 9 aromatic rings. The lowest BCUT2D eigenvalue weighted by Gasteiger charge is -2.28. The maximum atomic E-state index is 17.6. The van der Waals surface area contributed by atoms with E-state index in [-0.39, 0.29) is 10.8 Å². The van der Waals surface area contributed by atoms with Crippen LogP contribution in [0.2, 0.25) is 0 Å². The molecule has 0 aromatic heterocycles. The summed E-state index contributed by atoms with van der Waals surface area (Å²) in [5.41, 5.74) is 9.62. The Morgan fingerprint density at radius 1 is 0.370 bits per heavy atom. The van der Waals surface area contributed by atoms with Crippen LogP contribution in [0.15, 0.2) is 164 Å². The molecule has 9 aromatic carbocycles. The summed E-state index contributed by atoms with van der Waals surface area (Å²) < 4.78 is 17.6. The van der Waals surface area contributed by atoms with Gasteiger partial charge in [0.1, 0.15) is 0 Å². The predicted octanol–water partition coefficient (Wildman–Crippen LogP) is 12.6. The molecular weight excluding hydrogens is 672 g/mol. The molecule has 0 spiro atoms. The molecule has 0 bridgehead atoms. The summed E-state index contributed by atoms with van der Waals surface area (Å²) >= 11 is 0. The van der Waals surface area contributed by atoms with Gasteiger partial charge in [-0.2, -0.15) is 0 Å². The summed E-state index contributed by atoms with van der Waals surface area (Å²) in [6, 6.07) is 59.4. The summed E-state index contributed by atoms with van der Waals surface area (Å²) in [6.45, 7) is 9.26. The fourth-order valence-corrected chi connectivity index (χ4v) is 13.3. The van der Waals surface area contributed by atoms with Crippen molar-refractivity contribution < 1.29 is 4.57 Å². The molecule has 11 rings (SSSR count). The van der Waals surface area contributed by atoms with E-state index in [2.05, 4.69) is 191 Å². The topological polar surface area (TPSA) is 17.1 Å². The minimum absolute atomic E-state index is 0.238. The third-order valence-electron chi connectivity index (χ3n) is 12.9. The maximum absolute atomic E-state index is 17.6. The second kappa shape index (κ2) is 10.9. The van der Waals surface area contributed by atoms with Crippen LogP contribution in [-0.4, -0.2) is 0 Å². The second-order valence-corrected chi connectivity index (χ2v) is 19.1. The molecule has 2 aliphatic rings. The van der Waals surface area contributed by atoms with Crippen LogP contribution in [0.5, 0.6) is 0 Å². The van der Waals surface area contributed by atoms with E-state index in [0.717, 1.165) is 42.8 Å². The molecule has 0 saturated heterocycles. The Morgan fingerprint density at radius 2 is 0.778 bits per heavy atom. The van der Waals surface area contributed by atoms with Gasteiger partial charge in [-0.15, -0.1) is 0 Å². The highest BCUT2D eigenvalue weighted by molar-refractivity contribution is 7.86. The Bertz CT molecular complexity index is 3030. The van der Waals surface area contributed by atoms with Crippen molar-refractivity contribution in [1.29, 1.82) is 0 Å². The average Bonchev–Trinajstić information content (AvgIpc) is 3.59. The lowest BCUT2D eigenvalue weighted by atomic mass is 9.82. The number of rotatable bonds is 3. The van der Waals surface area contributed by atoms with Crippen LogP contribution in [0.4, 0.5) is 0 Å². The average molecular weight is 711 g/mol. The first-order valence-electron chi connectivity index (χ1n) is 19.0. The van der Waals surface area contributed by atoms with E-state index in [1.165, 1.54) is 60.7 Å². The summed E-state index contributed by atoms with van der Waals surface area (Å²) in [7, 11) is -3.62. The van der Waals surface area contributed by atoms with E-state index in [0.29, 0.717) is 0 Å². The smallest absolute Gasteiger partial charge is 0.172 e. The number of fused-ring (bicyclic) bond motifs is 13. The first-order valence-corrected chi connectivity index (χ1v) is 20.8. The molecule has 1 nitrogen and oxygen atoms in total. The minimum atomic E-state index is -3.62. The third-order valence-corrected chi connectivity index (χ3v) is 16.0. The van der Waals surface area contributed by atoms with Gasteiger partial charge in [-0.05, 0) is 100 Å². The van der Waals surface area contributed by atoms with Gasteiger partial charge in [0.05, 0.1) is 0 Å². The number of hydrogen-bond acceptors (Lipinski definition) is 1. The van der Waals surface area contributed by atoms with Gasteiger partial charge in [0.2, 0.25) is 0 Å². The molecule has 54 heavy (non-hydrogen) atoms. The van der Waals surface area contributed by atoms with Crippen LogP contribution < -0.4 is 15.9 Å². The quantitative estimate of drug-likeness (QED) is 0.101. The van der Waals surface area contributed by atoms with E-state index in [1.54, 1.807) is 0 Å². The first kappa shape index (κ1) is 31.7. The van der Waals surface area contributed by atoms with E-state index >= 15 is 4.57 Å². The molecule has 0 atom stereocenters. The van der Waals surface area contributed by atoms with Gasteiger partial charge in [-0.25, -0.2) is 0 Å². The molecule has 0 unspecified atom stereocenters. The van der Waals surface area contributed by atoms with Crippen LogP contribution in [0.3, 0.4) is 0 Å². The van der Waals surface area contributed by atoms with Crippen LogP contribution in [0.25, 0.3) is 65.3 Å².